The summed E-state index contributed by atoms with van der Waals surface area (Å²) >= 11 is 1.64. The molecule has 2 aromatic heterocycles. The van der Waals surface area contributed by atoms with E-state index >= 15 is 0 Å². The Bertz CT molecular complexity index is 569. The smallest absolute Gasteiger partial charge is 0.200 e. The zero-order valence-corrected chi connectivity index (χ0v) is 12.6. The minimum absolute atomic E-state index is 0.498. The molecule has 0 atom stereocenters. The molecule has 0 saturated carbocycles. The Hall–Kier alpha value is -1.74. The molecule has 0 N–H and O–H groups in total. The Morgan fingerprint density at radius 1 is 1.45 bits per heavy atom. The number of unbranched alkanes of at least 4 members (excludes halogenated alkanes) is 1. The van der Waals surface area contributed by atoms with E-state index in [2.05, 4.69) is 34.7 Å². The van der Waals surface area contributed by atoms with Crippen molar-refractivity contribution in [1.82, 2.24) is 14.8 Å². The van der Waals surface area contributed by atoms with Crippen LogP contribution in [-0.4, -0.2) is 20.5 Å². The third kappa shape index (κ3) is 3.64. The number of furan rings is 1. The summed E-state index contributed by atoms with van der Waals surface area (Å²) in [7, 11) is 0. The van der Waals surface area contributed by atoms with Crippen LogP contribution in [0.3, 0.4) is 0 Å². The summed E-state index contributed by atoms with van der Waals surface area (Å²) in [6, 6.07) is 5.90. The number of aromatic nitrogens is 3. The standard InChI is InChI=1S/C14H18N4OS/c1-11(2)10-18-13(12-6-5-8-19-12)16-17-14(18)20-9-4-3-7-15/h5-6,8,11H,3-4,9-10H2,1-2H3. The second-order valence-corrected chi connectivity index (χ2v) is 5.96. The normalized spacial score (nSPS) is 10.9. The minimum Gasteiger partial charge on any atom is -0.461 e. The molecule has 0 fully saturated rings. The van der Waals surface area contributed by atoms with Gasteiger partial charge in [0.2, 0.25) is 0 Å². The molecule has 0 aromatic carbocycles. The molecular weight excluding hydrogens is 272 g/mol. The van der Waals surface area contributed by atoms with E-state index < -0.39 is 0 Å². The molecule has 0 spiro atoms. The molecule has 0 aliphatic heterocycles. The van der Waals surface area contributed by atoms with Crippen LogP contribution in [0.4, 0.5) is 0 Å². The maximum atomic E-state index is 8.56. The Kier molecular flexibility index (Phi) is 5.24. The maximum Gasteiger partial charge on any atom is 0.200 e. The van der Waals surface area contributed by atoms with Crippen LogP contribution in [0.25, 0.3) is 11.6 Å². The topological polar surface area (TPSA) is 67.6 Å². The largest absolute Gasteiger partial charge is 0.461 e. The summed E-state index contributed by atoms with van der Waals surface area (Å²) in [5.74, 6) is 2.88. The lowest BCUT2D eigenvalue weighted by Crippen LogP contribution is -2.07. The number of thioether (sulfide) groups is 1. The maximum absolute atomic E-state index is 8.56. The molecule has 0 radical (unpaired) electrons. The fourth-order valence-electron chi connectivity index (χ4n) is 1.83. The van der Waals surface area contributed by atoms with E-state index in [0.29, 0.717) is 12.3 Å². The van der Waals surface area contributed by atoms with E-state index in [9.17, 15) is 0 Å². The van der Waals surface area contributed by atoms with Crippen molar-refractivity contribution < 1.29 is 4.42 Å². The van der Waals surface area contributed by atoms with E-state index in [4.69, 9.17) is 9.68 Å². The van der Waals surface area contributed by atoms with Gasteiger partial charge in [0.15, 0.2) is 16.7 Å². The minimum atomic E-state index is 0.498. The molecule has 0 amide bonds. The quantitative estimate of drug-likeness (QED) is 0.576. The molecule has 106 valence electrons. The number of nitriles is 1. The van der Waals surface area contributed by atoms with Crippen LogP contribution in [-0.2, 0) is 6.54 Å². The first kappa shape index (κ1) is 14.7. The number of hydrogen-bond donors (Lipinski definition) is 0. The van der Waals surface area contributed by atoms with Crippen LogP contribution >= 0.6 is 11.8 Å². The van der Waals surface area contributed by atoms with Crippen molar-refractivity contribution in [3.05, 3.63) is 18.4 Å². The molecule has 2 aromatic rings. The molecule has 0 aliphatic carbocycles. The molecule has 0 bridgehead atoms. The number of hydrogen-bond acceptors (Lipinski definition) is 5. The van der Waals surface area contributed by atoms with Gasteiger partial charge in [-0.3, -0.25) is 4.57 Å². The van der Waals surface area contributed by atoms with Crippen molar-refractivity contribution in [3.8, 4) is 17.7 Å². The van der Waals surface area contributed by atoms with Crippen LogP contribution in [0.2, 0.25) is 0 Å². The SMILES string of the molecule is CC(C)Cn1c(SCCCC#N)nnc1-c1ccco1. The van der Waals surface area contributed by atoms with E-state index in [1.54, 1.807) is 18.0 Å². The first-order valence-corrected chi connectivity index (χ1v) is 7.67. The summed E-state index contributed by atoms with van der Waals surface area (Å²) < 4.78 is 7.52. The highest BCUT2D eigenvalue weighted by Crippen LogP contribution is 2.25. The van der Waals surface area contributed by atoms with E-state index in [1.807, 2.05) is 12.1 Å². The van der Waals surface area contributed by atoms with Crippen molar-refractivity contribution in [3.63, 3.8) is 0 Å². The average Bonchev–Trinajstić information content (AvgIpc) is 3.04. The first-order chi connectivity index (χ1) is 9.72. The van der Waals surface area contributed by atoms with Gasteiger partial charge in [-0.1, -0.05) is 25.6 Å². The van der Waals surface area contributed by atoms with Gasteiger partial charge >= 0.3 is 0 Å². The highest BCUT2D eigenvalue weighted by atomic mass is 32.2. The Balaban J connectivity index is 2.17. The molecule has 2 heterocycles. The summed E-state index contributed by atoms with van der Waals surface area (Å²) in [5, 5.41) is 18.0. The fraction of sp³-hybridized carbons (Fsp3) is 0.500. The molecular formula is C14H18N4OS. The van der Waals surface area contributed by atoms with Crippen LogP contribution in [0.5, 0.6) is 0 Å². The number of rotatable bonds is 7. The van der Waals surface area contributed by atoms with Gasteiger partial charge in [0, 0.05) is 18.7 Å². The molecule has 5 nitrogen and oxygen atoms in total. The van der Waals surface area contributed by atoms with Crippen LogP contribution in [0.1, 0.15) is 26.7 Å². The Labute approximate surface area is 123 Å². The monoisotopic (exact) mass is 290 g/mol. The second-order valence-electron chi connectivity index (χ2n) is 4.90. The predicted molar refractivity (Wildman–Crippen MR) is 78.1 cm³/mol. The van der Waals surface area contributed by atoms with Crippen molar-refractivity contribution in [1.29, 1.82) is 5.26 Å². The number of nitrogens with zero attached hydrogens (tertiary/aromatic N) is 4. The average molecular weight is 290 g/mol. The highest BCUT2D eigenvalue weighted by Gasteiger charge is 2.16. The lowest BCUT2D eigenvalue weighted by molar-refractivity contribution is 0.489. The molecule has 20 heavy (non-hydrogen) atoms. The van der Waals surface area contributed by atoms with Crippen molar-refractivity contribution in [2.45, 2.75) is 38.4 Å². The van der Waals surface area contributed by atoms with Gasteiger partial charge in [-0.15, -0.1) is 10.2 Å². The summed E-state index contributed by atoms with van der Waals surface area (Å²) in [4.78, 5) is 0. The predicted octanol–water partition coefficient (Wildman–Crippen LogP) is 3.59. The van der Waals surface area contributed by atoms with Crippen molar-refractivity contribution in [2.24, 2.45) is 5.92 Å². The van der Waals surface area contributed by atoms with Gasteiger partial charge in [-0.25, -0.2) is 0 Å². The lowest BCUT2D eigenvalue weighted by Gasteiger charge is -2.11. The van der Waals surface area contributed by atoms with Crippen molar-refractivity contribution >= 4 is 11.8 Å². The zero-order valence-electron chi connectivity index (χ0n) is 11.7. The third-order valence-corrected chi connectivity index (χ3v) is 3.72. The molecule has 0 aliphatic rings. The summed E-state index contributed by atoms with van der Waals surface area (Å²) in [5.41, 5.74) is 0. The highest BCUT2D eigenvalue weighted by molar-refractivity contribution is 7.99. The first-order valence-electron chi connectivity index (χ1n) is 6.69. The molecule has 0 unspecified atom stereocenters. The van der Waals surface area contributed by atoms with Gasteiger partial charge in [0.25, 0.3) is 0 Å². The van der Waals surface area contributed by atoms with E-state index in [-0.39, 0.29) is 0 Å². The van der Waals surface area contributed by atoms with Gasteiger partial charge in [-0.05, 0) is 24.5 Å². The zero-order chi connectivity index (χ0) is 14.4. The van der Waals surface area contributed by atoms with Gasteiger partial charge < -0.3 is 4.42 Å². The van der Waals surface area contributed by atoms with E-state index in [1.165, 1.54) is 0 Å². The lowest BCUT2D eigenvalue weighted by atomic mass is 10.2. The summed E-state index contributed by atoms with van der Waals surface area (Å²) in [6.45, 7) is 5.18. The Morgan fingerprint density at radius 2 is 2.30 bits per heavy atom. The van der Waals surface area contributed by atoms with Crippen LogP contribution < -0.4 is 0 Å². The second kappa shape index (κ2) is 7.15. The van der Waals surface area contributed by atoms with Crippen LogP contribution in [0, 0.1) is 17.2 Å². The van der Waals surface area contributed by atoms with E-state index in [0.717, 1.165) is 35.5 Å². The fourth-order valence-corrected chi connectivity index (χ4v) is 2.71. The summed E-state index contributed by atoms with van der Waals surface area (Å²) in [6.07, 6.45) is 3.09. The van der Waals surface area contributed by atoms with Gasteiger partial charge in [0.1, 0.15) is 0 Å². The Morgan fingerprint density at radius 3 is 2.95 bits per heavy atom. The van der Waals surface area contributed by atoms with Crippen LogP contribution in [0.15, 0.2) is 28.0 Å². The van der Waals surface area contributed by atoms with Gasteiger partial charge in [-0.2, -0.15) is 5.26 Å². The molecule has 6 heteroatoms. The molecule has 2 rings (SSSR count). The third-order valence-electron chi connectivity index (χ3n) is 2.67. The van der Waals surface area contributed by atoms with Gasteiger partial charge in [0.05, 0.1) is 12.3 Å². The molecule has 0 saturated heterocycles. The van der Waals surface area contributed by atoms with Crippen molar-refractivity contribution in [2.75, 3.05) is 5.75 Å².